The molecule has 2 atom stereocenters. The van der Waals surface area contributed by atoms with E-state index in [9.17, 15) is 29.4 Å². The van der Waals surface area contributed by atoms with E-state index >= 15 is 0 Å². The van der Waals surface area contributed by atoms with Crippen LogP contribution in [0.1, 0.15) is 27.7 Å². The molecule has 45 heavy (non-hydrogen) atoms. The zero-order chi connectivity index (χ0) is 32.3. The Labute approximate surface area is 259 Å². The minimum atomic E-state index is -1.35. The summed E-state index contributed by atoms with van der Waals surface area (Å²) in [6.45, 7) is 5.61. The van der Waals surface area contributed by atoms with E-state index in [-0.39, 0.29) is 32.8 Å². The van der Waals surface area contributed by atoms with Crippen LogP contribution in [-0.4, -0.2) is 116 Å². The Bertz CT molecular complexity index is 1680. The van der Waals surface area contributed by atoms with Gasteiger partial charge in [-0.05, 0) is 52.0 Å². The van der Waals surface area contributed by atoms with Crippen LogP contribution in [0.2, 0.25) is 0 Å². The lowest BCUT2D eigenvalue weighted by atomic mass is 10.0. The Balaban J connectivity index is 1.14. The van der Waals surface area contributed by atoms with E-state index in [4.69, 9.17) is 0 Å². The average Bonchev–Trinajstić information content (AvgIpc) is 3.68. The number of benzene rings is 2. The van der Waals surface area contributed by atoms with Gasteiger partial charge in [0.2, 0.25) is 0 Å². The predicted molar refractivity (Wildman–Crippen MR) is 162 cm³/mol. The Morgan fingerprint density at radius 2 is 1.00 bits per heavy atom. The van der Waals surface area contributed by atoms with Gasteiger partial charge in [-0.25, -0.2) is 19.6 Å². The molecule has 4 heterocycles. The molecule has 2 fully saturated rings. The van der Waals surface area contributed by atoms with Crippen molar-refractivity contribution in [1.29, 1.82) is 0 Å². The van der Waals surface area contributed by atoms with Crippen LogP contribution in [0.25, 0.3) is 22.1 Å². The number of urea groups is 2. The maximum absolute atomic E-state index is 13.6. The second kappa shape index (κ2) is 11.0. The van der Waals surface area contributed by atoms with Gasteiger partial charge in [0.1, 0.15) is 17.7 Å². The third-order valence-electron chi connectivity index (χ3n) is 8.75. The van der Waals surface area contributed by atoms with E-state index < -0.39 is 47.2 Å². The largest absolute Gasteiger partial charge is 0.389 e. The highest BCUT2D eigenvalue weighted by Crippen LogP contribution is 2.33. The monoisotopic (exact) mass is 616 g/mol. The minimum absolute atomic E-state index is 0.107. The Morgan fingerprint density at radius 1 is 0.622 bits per heavy atom. The Hall–Kier alpha value is -4.82. The van der Waals surface area contributed by atoms with Crippen molar-refractivity contribution in [3.63, 3.8) is 0 Å². The van der Waals surface area contributed by atoms with E-state index in [1.54, 1.807) is 49.5 Å². The van der Waals surface area contributed by atoms with Crippen molar-refractivity contribution in [2.24, 2.45) is 0 Å². The molecule has 0 bridgehead atoms. The van der Waals surface area contributed by atoms with Crippen LogP contribution in [0.4, 0.5) is 9.59 Å². The van der Waals surface area contributed by atoms with Gasteiger partial charge in [-0.1, -0.05) is 24.3 Å². The number of amides is 6. The van der Waals surface area contributed by atoms with Gasteiger partial charge in [-0.2, -0.15) is 0 Å². The topological polar surface area (TPSA) is 157 Å². The summed E-state index contributed by atoms with van der Waals surface area (Å²) < 4.78 is 3.51. The second-order valence-corrected chi connectivity index (χ2v) is 12.6. The average molecular weight is 617 g/mol. The smallest absolute Gasteiger partial charge is 0.329 e. The summed E-state index contributed by atoms with van der Waals surface area (Å²) in [4.78, 5) is 67.2. The molecule has 0 aliphatic carbocycles. The number of rotatable bonds is 10. The number of β-amino-alcohol motifs (C(OH)–C–C–N with tert-alkyl or cyclic N) is 2. The third kappa shape index (κ3) is 5.09. The maximum Gasteiger partial charge on any atom is 0.329 e. The molecule has 6 amide bonds. The molecule has 6 rings (SSSR count). The first-order valence-electron chi connectivity index (χ1n) is 14.7. The molecule has 0 saturated carbocycles. The molecule has 2 aromatic heterocycles. The normalized spacial score (nSPS) is 19.5. The van der Waals surface area contributed by atoms with Crippen molar-refractivity contribution in [1.82, 2.24) is 38.7 Å². The third-order valence-corrected chi connectivity index (χ3v) is 8.75. The number of imide groups is 2. The first-order valence-corrected chi connectivity index (χ1v) is 14.7. The number of para-hydroxylation sites is 4. The number of carbonyl (C=O) groups excluding carboxylic acids is 4. The van der Waals surface area contributed by atoms with E-state index in [1.165, 1.54) is 9.80 Å². The number of nitrogens with zero attached hydrogens (tertiary/aromatic N) is 8. The van der Waals surface area contributed by atoms with Crippen molar-refractivity contribution < 1.29 is 29.4 Å². The molecule has 0 radical (unpaired) electrons. The van der Waals surface area contributed by atoms with Gasteiger partial charge in [0, 0.05) is 0 Å². The van der Waals surface area contributed by atoms with Gasteiger partial charge >= 0.3 is 12.1 Å². The van der Waals surface area contributed by atoms with Crippen LogP contribution in [-0.2, 0) is 22.7 Å². The van der Waals surface area contributed by atoms with E-state index in [0.717, 1.165) is 31.9 Å². The number of aliphatic hydroxyl groups excluding tert-OH is 2. The van der Waals surface area contributed by atoms with Crippen LogP contribution in [0.3, 0.4) is 0 Å². The molecular weight excluding hydrogens is 580 g/mol. The van der Waals surface area contributed by atoms with E-state index in [1.807, 2.05) is 48.5 Å². The Kier molecular flexibility index (Phi) is 7.36. The van der Waals surface area contributed by atoms with Gasteiger partial charge in [-0.15, -0.1) is 0 Å². The van der Waals surface area contributed by atoms with Crippen molar-refractivity contribution in [3.05, 3.63) is 61.2 Å². The van der Waals surface area contributed by atoms with Crippen molar-refractivity contribution >= 4 is 45.9 Å². The van der Waals surface area contributed by atoms with Crippen molar-refractivity contribution in [2.45, 2.75) is 64.1 Å². The highest BCUT2D eigenvalue weighted by atomic mass is 16.3. The first-order chi connectivity index (χ1) is 21.3. The number of hydrogen-bond acceptors (Lipinski definition) is 8. The maximum atomic E-state index is 13.6. The summed E-state index contributed by atoms with van der Waals surface area (Å²) in [6.07, 6.45) is 1.02. The van der Waals surface area contributed by atoms with Crippen LogP contribution in [0.5, 0.6) is 0 Å². The number of carbonyl (C=O) groups is 4. The van der Waals surface area contributed by atoms with Gasteiger partial charge in [0.25, 0.3) is 11.8 Å². The molecule has 2 aliphatic heterocycles. The fraction of sp³-hybridized carbons (Fsp3) is 0.419. The minimum Gasteiger partial charge on any atom is -0.389 e. The number of imidazole rings is 2. The highest BCUT2D eigenvalue weighted by molar-refractivity contribution is 6.08. The van der Waals surface area contributed by atoms with Crippen LogP contribution in [0.15, 0.2) is 61.2 Å². The van der Waals surface area contributed by atoms with Gasteiger partial charge in [0.05, 0.1) is 73.1 Å². The number of aliphatic hydroxyl groups is 2. The lowest BCUT2D eigenvalue weighted by molar-refractivity contribution is -0.134. The first kappa shape index (κ1) is 30.2. The molecule has 2 saturated heterocycles. The molecule has 2 N–H and O–H groups in total. The molecule has 236 valence electrons. The molecule has 0 unspecified atom stereocenters. The summed E-state index contributed by atoms with van der Waals surface area (Å²) in [6, 6.07) is 13.5. The van der Waals surface area contributed by atoms with Crippen LogP contribution < -0.4 is 0 Å². The van der Waals surface area contributed by atoms with Gasteiger partial charge in [-0.3, -0.25) is 29.2 Å². The van der Waals surface area contributed by atoms with Gasteiger partial charge < -0.3 is 19.3 Å². The lowest BCUT2D eigenvalue weighted by Gasteiger charge is -2.36. The quantitative estimate of drug-likeness (QED) is 0.256. The standard InChI is InChI=1S/C31H36N8O6/c1-30(2)26(42)36(15-20(40)13-34-17-32-22-9-5-7-11-24(22)34)28(44)38(30)19-39-29(45)37(27(43)31(39,3)4)16-21(41)14-35-18-33-23-10-6-8-12-25(23)35/h5-12,17-18,20-21,40-41H,13-16,19H2,1-4H3/t20-,21-/m1/s1. The Morgan fingerprint density at radius 3 is 1.40 bits per heavy atom. The fourth-order valence-electron chi connectivity index (χ4n) is 6.08. The highest BCUT2D eigenvalue weighted by Gasteiger charge is 2.57. The number of fused-ring (bicyclic) bond motifs is 2. The SMILES string of the molecule is CC1(C)C(=O)N(C[C@H](O)Cn2cnc3ccccc32)C(=O)N1CN1C(=O)N(C[C@H](O)Cn2cnc3ccccc32)C(=O)C1(C)C. The molecule has 0 spiro atoms. The summed E-state index contributed by atoms with van der Waals surface area (Å²) in [5, 5.41) is 21.8. The predicted octanol–water partition coefficient (Wildman–Crippen LogP) is 1.85. The number of hydrogen-bond donors (Lipinski definition) is 2. The van der Waals surface area contributed by atoms with Crippen LogP contribution >= 0.6 is 0 Å². The molecule has 2 aliphatic rings. The molecule has 14 heteroatoms. The number of aromatic nitrogens is 4. The lowest BCUT2D eigenvalue weighted by Crippen LogP contribution is -2.55. The summed E-state index contributed by atoms with van der Waals surface area (Å²) in [7, 11) is 0. The van der Waals surface area contributed by atoms with Crippen molar-refractivity contribution in [3.8, 4) is 0 Å². The summed E-state index contributed by atoms with van der Waals surface area (Å²) in [5.74, 6) is -1.06. The molecule has 14 nitrogen and oxygen atoms in total. The molecule has 2 aromatic carbocycles. The zero-order valence-electron chi connectivity index (χ0n) is 25.6. The van der Waals surface area contributed by atoms with Gasteiger partial charge in [0.15, 0.2) is 0 Å². The summed E-state index contributed by atoms with van der Waals surface area (Å²) in [5.41, 5.74) is 0.431. The van der Waals surface area contributed by atoms with Crippen molar-refractivity contribution in [2.75, 3.05) is 19.8 Å². The fourth-order valence-corrected chi connectivity index (χ4v) is 6.08. The second-order valence-electron chi connectivity index (χ2n) is 12.6. The van der Waals surface area contributed by atoms with E-state index in [2.05, 4.69) is 9.97 Å². The summed E-state index contributed by atoms with van der Waals surface area (Å²) >= 11 is 0. The van der Waals surface area contributed by atoms with E-state index in [0.29, 0.717) is 0 Å². The zero-order valence-corrected chi connectivity index (χ0v) is 25.6. The van der Waals surface area contributed by atoms with Crippen LogP contribution in [0, 0.1) is 0 Å². The molecular formula is C31H36N8O6. The molecule has 4 aromatic rings.